The first-order valence-corrected chi connectivity index (χ1v) is 11.4. The van der Waals surface area contributed by atoms with Crippen molar-refractivity contribution in [2.45, 2.75) is 70.6 Å². The molecule has 2 aromatic carbocycles. The molecule has 0 spiro atoms. The minimum atomic E-state index is -0.459. The summed E-state index contributed by atoms with van der Waals surface area (Å²) in [5, 5.41) is 0. The monoisotopic (exact) mass is 436 g/mol. The molecule has 0 saturated heterocycles. The minimum absolute atomic E-state index is 0.218. The van der Waals surface area contributed by atoms with E-state index in [0.29, 0.717) is 26.1 Å². The predicted octanol–water partition coefficient (Wildman–Crippen LogP) is 6.41. The van der Waals surface area contributed by atoms with E-state index in [-0.39, 0.29) is 5.97 Å². The molecule has 0 bridgehead atoms. The van der Waals surface area contributed by atoms with Gasteiger partial charge in [-0.15, -0.1) is 13.2 Å². The second-order valence-corrected chi connectivity index (χ2v) is 7.76. The summed E-state index contributed by atoms with van der Waals surface area (Å²) in [5.74, 6) is -0.218. The number of unbranched alkanes of at least 4 members (excludes halogenated alkanes) is 1. The summed E-state index contributed by atoms with van der Waals surface area (Å²) in [7, 11) is 0. The van der Waals surface area contributed by atoms with Gasteiger partial charge in [-0.3, -0.25) is 4.79 Å². The summed E-state index contributed by atoms with van der Waals surface area (Å²) in [6.07, 6.45) is 5.68. The summed E-state index contributed by atoms with van der Waals surface area (Å²) in [5.41, 5.74) is 2.12. The van der Waals surface area contributed by atoms with Crippen LogP contribution in [0.5, 0.6) is 0 Å². The molecule has 3 atom stereocenters. The maximum Gasteiger partial charge on any atom is 0.306 e. The zero-order valence-corrected chi connectivity index (χ0v) is 19.2. The maximum atomic E-state index is 12.5. The molecule has 4 heteroatoms. The molecule has 0 amide bonds. The van der Waals surface area contributed by atoms with Gasteiger partial charge in [0, 0.05) is 6.42 Å². The zero-order chi connectivity index (χ0) is 23.0. The highest BCUT2D eigenvalue weighted by molar-refractivity contribution is 5.69. The smallest absolute Gasteiger partial charge is 0.306 e. The topological polar surface area (TPSA) is 44.8 Å². The largest absolute Gasteiger partial charge is 0.459 e. The molecule has 0 unspecified atom stereocenters. The molecule has 0 aliphatic carbocycles. The number of carbonyl (C=O) groups excluding carboxylic acids is 1. The molecule has 0 fully saturated rings. The molecule has 0 aliphatic heterocycles. The van der Waals surface area contributed by atoms with E-state index in [2.05, 4.69) is 20.1 Å². The van der Waals surface area contributed by atoms with Gasteiger partial charge in [-0.05, 0) is 30.4 Å². The van der Waals surface area contributed by atoms with Gasteiger partial charge >= 0.3 is 5.97 Å². The minimum Gasteiger partial charge on any atom is -0.459 e. The van der Waals surface area contributed by atoms with E-state index in [0.717, 1.165) is 30.4 Å². The Balaban J connectivity index is 2.14. The Hall–Kier alpha value is -2.69. The van der Waals surface area contributed by atoms with E-state index in [4.69, 9.17) is 14.2 Å². The van der Waals surface area contributed by atoms with Gasteiger partial charge in [-0.1, -0.05) is 86.2 Å². The van der Waals surface area contributed by atoms with E-state index in [1.165, 1.54) is 0 Å². The van der Waals surface area contributed by atoms with Gasteiger partial charge in [-0.25, -0.2) is 0 Å². The van der Waals surface area contributed by atoms with E-state index < -0.39 is 18.3 Å². The van der Waals surface area contributed by atoms with Crippen LogP contribution in [0.3, 0.4) is 0 Å². The average molecular weight is 437 g/mol. The molecule has 0 aliphatic rings. The molecular formula is C28H36O4. The molecule has 2 aromatic rings. The van der Waals surface area contributed by atoms with Crippen molar-refractivity contribution >= 4 is 5.97 Å². The second-order valence-electron chi connectivity index (χ2n) is 7.76. The SMILES string of the molecule is C=CCCCC(=O)O[C@H](CCC)[C@H](OCc1ccccc1)[C@H](C=C)OCc1ccccc1. The van der Waals surface area contributed by atoms with E-state index >= 15 is 0 Å². The van der Waals surface area contributed by atoms with Crippen molar-refractivity contribution in [1.29, 1.82) is 0 Å². The van der Waals surface area contributed by atoms with Gasteiger partial charge in [0.2, 0.25) is 0 Å². The number of allylic oxidation sites excluding steroid dienone is 1. The Bertz CT molecular complexity index is 788. The van der Waals surface area contributed by atoms with E-state index in [9.17, 15) is 4.79 Å². The van der Waals surface area contributed by atoms with E-state index in [1.807, 2.05) is 66.7 Å². The molecule has 4 nitrogen and oxygen atoms in total. The summed E-state index contributed by atoms with van der Waals surface area (Å²) in [4.78, 5) is 12.5. The lowest BCUT2D eigenvalue weighted by atomic mass is 10.0. The molecule has 2 rings (SSSR count). The first kappa shape index (κ1) is 25.6. The van der Waals surface area contributed by atoms with Crippen LogP contribution < -0.4 is 0 Å². The Labute approximate surface area is 192 Å². The highest BCUT2D eigenvalue weighted by atomic mass is 16.6. The van der Waals surface area contributed by atoms with Gasteiger partial charge < -0.3 is 14.2 Å². The van der Waals surface area contributed by atoms with Crippen molar-refractivity contribution in [3.63, 3.8) is 0 Å². The Morgan fingerprint density at radius 3 is 2.06 bits per heavy atom. The number of hydrogen-bond acceptors (Lipinski definition) is 4. The summed E-state index contributed by atoms with van der Waals surface area (Å²) in [6, 6.07) is 19.9. The summed E-state index contributed by atoms with van der Waals surface area (Å²) in [6.45, 7) is 10.6. The predicted molar refractivity (Wildman–Crippen MR) is 129 cm³/mol. The van der Waals surface area contributed by atoms with Crippen molar-refractivity contribution in [2.24, 2.45) is 0 Å². The fraction of sp³-hybridized carbons (Fsp3) is 0.393. The first-order valence-electron chi connectivity index (χ1n) is 11.4. The second kappa shape index (κ2) is 15.2. The number of ether oxygens (including phenoxy) is 3. The highest BCUT2D eigenvalue weighted by Crippen LogP contribution is 2.21. The van der Waals surface area contributed by atoms with Crippen LogP contribution in [0, 0.1) is 0 Å². The Morgan fingerprint density at radius 1 is 0.938 bits per heavy atom. The van der Waals surface area contributed by atoms with Crippen LogP contribution in [0.2, 0.25) is 0 Å². The fourth-order valence-corrected chi connectivity index (χ4v) is 3.44. The van der Waals surface area contributed by atoms with Crippen molar-refractivity contribution in [3.8, 4) is 0 Å². The molecule has 0 saturated carbocycles. The third kappa shape index (κ3) is 9.21. The number of hydrogen-bond donors (Lipinski definition) is 0. The summed E-state index contributed by atoms with van der Waals surface area (Å²) < 4.78 is 18.4. The summed E-state index contributed by atoms with van der Waals surface area (Å²) >= 11 is 0. The Kier molecular flexibility index (Phi) is 12.1. The third-order valence-corrected chi connectivity index (χ3v) is 5.14. The van der Waals surface area contributed by atoms with Gasteiger partial charge in [-0.2, -0.15) is 0 Å². The van der Waals surface area contributed by atoms with Crippen LogP contribution in [0.15, 0.2) is 86.0 Å². The van der Waals surface area contributed by atoms with Gasteiger partial charge in [0.1, 0.15) is 18.3 Å². The van der Waals surface area contributed by atoms with Crippen LogP contribution in [-0.2, 0) is 32.2 Å². The molecule has 0 N–H and O–H groups in total. The van der Waals surface area contributed by atoms with Crippen LogP contribution in [0.1, 0.15) is 50.2 Å². The maximum absolute atomic E-state index is 12.5. The molecule has 0 heterocycles. The fourth-order valence-electron chi connectivity index (χ4n) is 3.44. The normalized spacial score (nSPS) is 13.7. The number of benzene rings is 2. The quantitative estimate of drug-likeness (QED) is 0.173. The van der Waals surface area contributed by atoms with Crippen molar-refractivity contribution in [3.05, 3.63) is 97.1 Å². The Morgan fingerprint density at radius 2 is 1.53 bits per heavy atom. The lowest BCUT2D eigenvalue weighted by molar-refractivity contribution is -0.169. The number of carbonyl (C=O) groups is 1. The molecule has 172 valence electrons. The van der Waals surface area contributed by atoms with Crippen LogP contribution in [0.4, 0.5) is 0 Å². The molecular weight excluding hydrogens is 400 g/mol. The van der Waals surface area contributed by atoms with Crippen LogP contribution in [-0.4, -0.2) is 24.3 Å². The van der Waals surface area contributed by atoms with Crippen molar-refractivity contribution in [1.82, 2.24) is 0 Å². The lowest BCUT2D eigenvalue weighted by Crippen LogP contribution is -2.42. The average Bonchev–Trinajstić information content (AvgIpc) is 2.82. The molecule has 32 heavy (non-hydrogen) atoms. The van der Waals surface area contributed by atoms with Crippen LogP contribution in [0.25, 0.3) is 0 Å². The molecule has 0 radical (unpaired) electrons. The van der Waals surface area contributed by atoms with Crippen LogP contribution >= 0.6 is 0 Å². The standard InChI is InChI=1S/C28H36O4/c1-4-7-10-20-27(29)32-26(15-5-2)28(31-22-24-18-13-9-14-19-24)25(6-3)30-21-23-16-11-8-12-17-23/h4,6,8-9,11-14,16-19,25-26,28H,1,3,5,7,10,15,20-22H2,2H3/t25-,26+,28+/m0/s1. The highest BCUT2D eigenvalue weighted by Gasteiger charge is 2.32. The molecule has 0 aromatic heterocycles. The third-order valence-electron chi connectivity index (χ3n) is 5.14. The van der Waals surface area contributed by atoms with Gasteiger partial charge in [0.15, 0.2) is 0 Å². The van der Waals surface area contributed by atoms with Crippen molar-refractivity contribution < 1.29 is 19.0 Å². The van der Waals surface area contributed by atoms with Crippen molar-refractivity contribution in [2.75, 3.05) is 0 Å². The van der Waals surface area contributed by atoms with Gasteiger partial charge in [0.25, 0.3) is 0 Å². The van der Waals surface area contributed by atoms with Gasteiger partial charge in [0.05, 0.1) is 13.2 Å². The first-order chi connectivity index (χ1) is 15.7. The number of rotatable bonds is 16. The lowest BCUT2D eigenvalue weighted by Gasteiger charge is -2.32. The zero-order valence-electron chi connectivity index (χ0n) is 19.2. The number of esters is 1. The van der Waals surface area contributed by atoms with E-state index in [1.54, 1.807) is 6.08 Å².